The van der Waals surface area contributed by atoms with Gasteiger partial charge in [0, 0.05) is 17.5 Å². The molecule has 6 nitrogen and oxygen atoms in total. The van der Waals surface area contributed by atoms with Crippen molar-refractivity contribution in [2.45, 2.75) is 13.0 Å². The van der Waals surface area contributed by atoms with E-state index in [1.165, 1.54) is 16.5 Å². The molecule has 3 aromatic rings. The molecule has 0 radical (unpaired) electrons. The van der Waals surface area contributed by atoms with Gasteiger partial charge in [0.15, 0.2) is 0 Å². The highest BCUT2D eigenvalue weighted by molar-refractivity contribution is 5.81. The second-order valence-corrected chi connectivity index (χ2v) is 8.59. The Labute approximate surface area is 212 Å². The molecule has 2 heterocycles. The standard InChI is InChI=1S/C26H30N2O4.2ClH/c1-20-16-26(30)32-25-17-23(9-10-24(20)25)31-19-22(29)18-28-14-12-27(13-15-28)11-5-8-21-6-3-2-4-7-21;;/h2-10,16-17,22,29H,11-15,18-19H2,1H3;2*1H/b8-5+;;. The molecule has 1 aliphatic rings. The summed E-state index contributed by atoms with van der Waals surface area (Å²) in [5, 5.41) is 11.4. The first-order chi connectivity index (χ1) is 15.6. The van der Waals surface area contributed by atoms with Crippen molar-refractivity contribution in [2.75, 3.05) is 45.9 Å². The summed E-state index contributed by atoms with van der Waals surface area (Å²) in [7, 11) is 0. The zero-order valence-electron chi connectivity index (χ0n) is 19.3. The van der Waals surface area contributed by atoms with Crippen molar-refractivity contribution in [3.05, 3.63) is 82.2 Å². The number of fused-ring (bicyclic) bond motifs is 1. The summed E-state index contributed by atoms with van der Waals surface area (Å²) in [5.74, 6) is 0.597. The molecule has 2 aromatic carbocycles. The third-order valence-corrected chi connectivity index (χ3v) is 6.07. The lowest BCUT2D eigenvalue weighted by molar-refractivity contribution is -1.01. The van der Waals surface area contributed by atoms with Crippen LogP contribution >= 0.6 is 0 Å². The van der Waals surface area contributed by atoms with E-state index < -0.39 is 6.10 Å². The number of hydrogen-bond donors (Lipinski definition) is 3. The summed E-state index contributed by atoms with van der Waals surface area (Å²) in [6.07, 6.45) is 3.91. The summed E-state index contributed by atoms with van der Waals surface area (Å²) in [6, 6.07) is 17.3. The number of aliphatic hydroxyl groups is 1. The van der Waals surface area contributed by atoms with Gasteiger partial charge in [0.05, 0.1) is 6.54 Å². The number of aryl methyl sites for hydroxylation is 1. The van der Waals surface area contributed by atoms with Crippen molar-refractivity contribution in [1.82, 2.24) is 0 Å². The van der Waals surface area contributed by atoms with Gasteiger partial charge in [-0.25, -0.2) is 4.79 Å². The number of benzene rings is 2. The van der Waals surface area contributed by atoms with Crippen molar-refractivity contribution < 1.29 is 48.9 Å². The Morgan fingerprint density at radius 2 is 1.74 bits per heavy atom. The van der Waals surface area contributed by atoms with E-state index in [4.69, 9.17) is 9.15 Å². The zero-order chi connectivity index (χ0) is 22.3. The molecule has 1 aliphatic heterocycles. The van der Waals surface area contributed by atoms with Crippen LogP contribution < -0.4 is 45.0 Å². The van der Waals surface area contributed by atoms with Gasteiger partial charge in [-0.3, -0.25) is 0 Å². The molecule has 1 unspecified atom stereocenters. The summed E-state index contributed by atoms with van der Waals surface area (Å²) in [5.41, 5.74) is 2.26. The van der Waals surface area contributed by atoms with Crippen molar-refractivity contribution in [2.24, 2.45) is 0 Å². The first-order valence-electron chi connectivity index (χ1n) is 11.3. The Balaban J connectivity index is 0.00000204. The first kappa shape index (κ1) is 27.9. The SMILES string of the molecule is Cc1cc(=O)oc2cc(OCC(O)C[NH+]3CC[NH+](C/C=C/c4ccccc4)CC3)ccc12.[Cl-].[Cl-]. The van der Waals surface area contributed by atoms with Crippen LogP contribution in [0.2, 0.25) is 0 Å². The minimum atomic E-state index is -0.537. The molecule has 184 valence electrons. The van der Waals surface area contributed by atoms with Crippen LogP contribution in [0, 0.1) is 6.92 Å². The molecule has 1 fully saturated rings. The zero-order valence-corrected chi connectivity index (χ0v) is 20.8. The number of halogens is 2. The third-order valence-electron chi connectivity index (χ3n) is 6.07. The van der Waals surface area contributed by atoms with Crippen LogP contribution in [0.15, 0.2) is 69.9 Å². The molecule has 0 spiro atoms. The number of rotatable bonds is 8. The average molecular weight is 507 g/mol. The largest absolute Gasteiger partial charge is 1.00 e. The van der Waals surface area contributed by atoms with Gasteiger partial charge in [-0.2, -0.15) is 0 Å². The fraction of sp³-hybridized carbons (Fsp3) is 0.346. The number of piperazine rings is 1. The maximum atomic E-state index is 11.6. The lowest BCUT2D eigenvalue weighted by atomic mass is 10.1. The Kier molecular flexibility index (Phi) is 11.1. The number of ether oxygens (including phenoxy) is 1. The van der Waals surface area contributed by atoms with E-state index in [-0.39, 0.29) is 37.0 Å². The predicted octanol–water partition coefficient (Wildman–Crippen LogP) is -5.65. The van der Waals surface area contributed by atoms with Crippen LogP contribution in [-0.2, 0) is 0 Å². The second-order valence-electron chi connectivity index (χ2n) is 8.59. The minimum absolute atomic E-state index is 0. The van der Waals surface area contributed by atoms with E-state index in [1.54, 1.807) is 11.0 Å². The summed E-state index contributed by atoms with van der Waals surface area (Å²) >= 11 is 0. The topological polar surface area (TPSA) is 68.5 Å². The van der Waals surface area contributed by atoms with Crippen molar-refractivity contribution in [1.29, 1.82) is 0 Å². The van der Waals surface area contributed by atoms with E-state index in [2.05, 4.69) is 36.4 Å². The highest BCUT2D eigenvalue weighted by Gasteiger charge is 2.24. The highest BCUT2D eigenvalue weighted by Crippen LogP contribution is 2.22. The molecule has 0 saturated carbocycles. The van der Waals surface area contributed by atoms with Gasteiger partial charge >= 0.3 is 5.63 Å². The van der Waals surface area contributed by atoms with Crippen molar-refractivity contribution in [3.63, 3.8) is 0 Å². The Morgan fingerprint density at radius 3 is 2.47 bits per heavy atom. The van der Waals surface area contributed by atoms with Gasteiger partial charge in [0.25, 0.3) is 0 Å². The molecular formula is C26H32Cl2N2O4. The molecule has 1 atom stereocenters. The van der Waals surface area contributed by atoms with Crippen LogP contribution in [0.25, 0.3) is 17.0 Å². The maximum Gasteiger partial charge on any atom is 0.336 e. The lowest BCUT2D eigenvalue weighted by Crippen LogP contribution is -3.28. The Bertz CT molecular complexity index is 1110. The van der Waals surface area contributed by atoms with E-state index >= 15 is 0 Å². The maximum absolute atomic E-state index is 11.6. The van der Waals surface area contributed by atoms with Crippen LogP contribution in [0.5, 0.6) is 5.75 Å². The fourth-order valence-electron chi connectivity index (χ4n) is 4.27. The number of nitrogens with one attached hydrogen (secondary N) is 2. The molecule has 8 heteroatoms. The third kappa shape index (κ3) is 7.86. The smallest absolute Gasteiger partial charge is 0.336 e. The highest BCUT2D eigenvalue weighted by atomic mass is 35.5. The van der Waals surface area contributed by atoms with Crippen molar-refractivity contribution in [3.8, 4) is 5.75 Å². The van der Waals surface area contributed by atoms with Gasteiger partial charge in [-0.05, 0) is 36.3 Å². The molecule has 34 heavy (non-hydrogen) atoms. The van der Waals surface area contributed by atoms with Gasteiger partial charge in [0.1, 0.15) is 56.8 Å². The number of quaternary nitrogens is 2. The molecule has 1 aromatic heterocycles. The molecule has 3 N–H and O–H groups in total. The van der Waals surface area contributed by atoms with Crippen LogP contribution in [0.3, 0.4) is 0 Å². The van der Waals surface area contributed by atoms with Gasteiger partial charge in [-0.1, -0.05) is 36.4 Å². The average Bonchev–Trinajstić information content (AvgIpc) is 2.79. The van der Waals surface area contributed by atoms with Crippen LogP contribution in [0.4, 0.5) is 0 Å². The van der Waals surface area contributed by atoms with Crippen molar-refractivity contribution >= 4 is 17.0 Å². The molecule has 0 amide bonds. The lowest BCUT2D eigenvalue weighted by Gasteiger charge is -2.30. The van der Waals surface area contributed by atoms with Crippen LogP contribution in [0.1, 0.15) is 11.1 Å². The predicted molar refractivity (Wildman–Crippen MR) is 125 cm³/mol. The van der Waals surface area contributed by atoms with E-state index in [0.29, 0.717) is 17.9 Å². The number of hydrogen-bond acceptors (Lipinski definition) is 4. The van der Waals surface area contributed by atoms with Gasteiger partial charge < -0.3 is 48.9 Å². The van der Waals surface area contributed by atoms with Gasteiger partial charge in [0.2, 0.25) is 0 Å². The first-order valence-corrected chi connectivity index (χ1v) is 11.3. The minimum Gasteiger partial charge on any atom is -1.00 e. The molecular weight excluding hydrogens is 475 g/mol. The van der Waals surface area contributed by atoms with E-state index in [1.807, 2.05) is 25.1 Å². The molecule has 1 saturated heterocycles. The molecule has 0 aliphatic carbocycles. The monoisotopic (exact) mass is 506 g/mol. The summed E-state index contributed by atoms with van der Waals surface area (Å²) in [6.45, 7) is 8.11. The summed E-state index contributed by atoms with van der Waals surface area (Å²) < 4.78 is 11.0. The summed E-state index contributed by atoms with van der Waals surface area (Å²) in [4.78, 5) is 14.6. The normalized spacial score (nSPS) is 18.8. The van der Waals surface area contributed by atoms with Crippen LogP contribution in [-0.4, -0.2) is 57.1 Å². The van der Waals surface area contributed by atoms with E-state index in [0.717, 1.165) is 43.7 Å². The number of aliphatic hydroxyl groups excluding tert-OH is 1. The Morgan fingerprint density at radius 1 is 1.03 bits per heavy atom. The Hall–Kier alpha value is -2.35. The quantitative estimate of drug-likeness (QED) is 0.266. The second kappa shape index (κ2) is 13.5. The molecule has 4 rings (SSSR count). The van der Waals surface area contributed by atoms with E-state index in [9.17, 15) is 9.90 Å². The molecule has 0 bridgehead atoms. The van der Waals surface area contributed by atoms with Gasteiger partial charge in [-0.15, -0.1) is 0 Å². The fourth-order valence-corrected chi connectivity index (χ4v) is 4.27.